The van der Waals surface area contributed by atoms with Gasteiger partial charge < -0.3 is 5.11 Å². The summed E-state index contributed by atoms with van der Waals surface area (Å²) in [5, 5.41) is 9.20. The van der Waals surface area contributed by atoms with E-state index in [2.05, 4.69) is 0 Å². The third-order valence-electron chi connectivity index (χ3n) is 3.45. The van der Waals surface area contributed by atoms with E-state index in [1.165, 1.54) is 0 Å². The number of nitrogens with zero attached hydrogens (tertiary/aromatic N) is 1. The van der Waals surface area contributed by atoms with Gasteiger partial charge in [0.15, 0.2) is 9.84 Å². The quantitative estimate of drug-likeness (QED) is 0.802. The molecule has 0 aliphatic carbocycles. The summed E-state index contributed by atoms with van der Waals surface area (Å²) in [6.45, 7) is -0.178. The zero-order valence-corrected chi connectivity index (χ0v) is 13.0. The maximum Gasteiger partial charge on any atom is 0.246 e. The molecule has 0 aromatic heterocycles. The second-order valence-corrected chi connectivity index (χ2v) is 8.83. The number of aliphatic hydroxyl groups is 1. The molecule has 0 radical (unpaired) electrons. The lowest BCUT2D eigenvalue weighted by Gasteiger charge is -2.22. The van der Waals surface area contributed by atoms with Gasteiger partial charge in [-0.2, -0.15) is 4.31 Å². The number of rotatable bonds is 4. The van der Waals surface area contributed by atoms with E-state index in [0.29, 0.717) is 12.8 Å². The van der Waals surface area contributed by atoms with Crippen molar-refractivity contribution in [1.82, 2.24) is 4.31 Å². The molecule has 1 N–H and O–H groups in total. The molecule has 2 rings (SSSR count). The molecule has 21 heavy (non-hydrogen) atoms. The molecule has 118 valence electrons. The van der Waals surface area contributed by atoms with Crippen molar-refractivity contribution in [2.45, 2.75) is 28.7 Å². The highest BCUT2D eigenvalue weighted by atomic mass is 32.2. The van der Waals surface area contributed by atoms with Crippen LogP contribution in [0.25, 0.3) is 0 Å². The van der Waals surface area contributed by atoms with E-state index in [9.17, 15) is 26.3 Å². The SMILES string of the molecule is CS(=O)(=O)c1ccc(F)c(S(=O)(=O)N2CCC[C@H]2CO)c1. The Balaban J connectivity index is 2.54. The van der Waals surface area contributed by atoms with Crippen LogP contribution < -0.4 is 0 Å². The van der Waals surface area contributed by atoms with Crippen LogP contribution in [0.3, 0.4) is 0 Å². The minimum absolute atomic E-state index is 0.177. The molecule has 0 spiro atoms. The van der Waals surface area contributed by atoms with Gasteiger partial charge in [0.05, 0.1) is 11.5 Å². The van der Waals surface area contributed by atoms with Crippen LogP contribution in [0.15, 0.2) is 28.0 Å². The predicted molar refractivity (Wildman–Crippen MR) is 73.5 cm³/mol. The lowest BCUT2D eigenvalue weighted by Crippen LogP contribution is -2.38. The Bertz CT molecular complexity index is 745. The Kier molecular flexibility index (Phi) is 4.39. The van der Waals surface area contributed by atoms with Crippen molar-refractivity contribution in [3.05, 3.63) is 24.0 Å². The van der Waals surface area contributed by atoms with Gasteiger partial charge in [-0.15, -0.1) is 0 Å². The first-order valence-electron chi connectivity index (χ1n) is 6.30. The van der Waals surface area contributed by atoms with E-state index >= 15 is 0 Å². The zero-order valence-electron chi connectivity index (χ0n) is 11.4. The topological polar surface area (TPSA) is 91.8 Å². The van der Waals surface area contributed by atoms with Crippen molar-refractivity contribution in [1.29, 1.82) is 0 Å². The molecule has 1 aromatic carbocycles. The molecule has 0 amide bonds. The largest absolute Gasteiger partial charge is 0.395 e. The molecule has 0 unspecified atom stereocenters. The highest BCUT2D eigenvalue weighted by Gasteiger charge is 2.36. The van der Waals surface area contributed by atoms with Crippen LogP contribution in [0.2, 0.25) is 0 Å². The third-order valence-corrected chi connectivity index (χ3v) is 6.53. The van der Waals surface area contributed by atoms with Gasteiger partial charge in [-0.25, -0.2) is 21.2 Å². The average molecular weight is 337 g/mol. The van der Waals surface area contributed by atoms with Crippen LogP contribution >= 0.6 is 0 Å². The maximum atomic E-state index is 13.9. The van der Waals surface area contributed by atoms with Crippen molar-refractivity contribution >= 4 is 19.9 Å². The molecule has 1 fully saturated rings. The maximum absolute atomic E-state index is 13.9. The van der Waals surface area contributed by atoms with Gasteiger partial charge in [0.25, 0.3) is 0 Å². The Hall–Kier alpha value is -1.03. The summed E-state index contributed by atoms with van der Waals surface area (Å²) in [4.78, 5) is -0.937. The molecule has 0 saturated carbocycles. The number of sulfonamides is 1. The van der Waals surface area contributed by atoms with Gasteiger partial charge in [-0.3, -0.25) is 0 Å². The molecular weight excluding hydrogens is 321 g/mol. The van der Waals surface area contributed by atoms with Crippen LogP contribution in [-0.2, 0) is 19.9 Å². The van der Waals surface area contributed by atoms with Crippen molar-refractivity contribution in [3.8, 4) is 0 Å². The van der Waals surface area contributed by atoms with Crippen LogP contribution in [0.5, 0.6) is 0 Å². The van der Waals surface area contributed by atoms with Gasteiger partial charge in [-0.05, 0) is 31.0 Å². The smallest absolute Gasteiger partial charge is 0.246 e. The van der Waals surface area contributed by atoms with E-state index in [1.54, 1.807) is 0 Å². The molecule has 1 aliphatic heterocycles. The van der Waals surface area contributed by atoms with Gasteiger partial charge in [0.1, 0.15) is 10.7 Å². The van der Waals surface area contributed by atoms with Crippen molar-refractivity contribution in [2.75, 3.05) is 19.4 Å². The first-order chi connectivity index (χ1) is 9.67. The highest BCUT2D eigenvalue weighted by molar-refractivity contribution is 7.91. The molecule has 1 saturated heterocycles. The van der Waals surface area contributed by atoms with E-state index in [1.807, 2.05) is 0 Å². The van der Waals surface area contributed by atoms with Gasteiger partial charge in [0, 0.05) is 18.8 Å². The Morgan fingerprint density at radius 2 is 2.00 bits per heavy atom. The molecule has 9 heteroatoms. The fourth-order valence-corrected chi connectivity index (χ4v) is 4.85. The third kappa shape index (κ3) is 3.10. The lowest BCUT2D eigenvalue weighted by molar-refractivity contribution is 0.213. The first kappa shape index (κ1) is 16.3. The standard InChI is InChI=1S/C12H16FNO5S2/c1-20(16,17)10-4-5-11(13)12(7-10)21(18,19)14-6-2-3-9(14)8-15/h4-5,7,9,15H,2-3,6,8H2,1H3/t9-/m0/s1. The minimum Gasteiger partial charge on any atom is -0.395 e. The Morgan fingerprint density at radius 3 is 2.57 bits per heavy atom. The molecule has 0 bridgehead atoms. The summed E-state index contributed by atoms with van der Waals surface area (Å²) in [6.07, 6.45) is 1.98. The monoisotopic (exact) mass is 337 g/mol. The van der Waals surface area contributed by atoms with E-state index in [-0.39, 0.29) is 18.0 Å². The van der Waals surface area contributed by atoms with Crippen molar-refractivity contribution in [3.63, 3.8) is 0 Å². The summed E-state index contributed by atoms with van der Waals surface area (Å²) < 4.78 is 62.9. The van der Waals surface area contributed by atoms with Gasteiger partial charge >= 0.3 is 0 Å². The molecule has 6 nitrogen and oxygen atoms in total. The van der Waals surface area contributed by atoms with E-state index in [0.717, 1.165) is 28.8 Å². The summed E-state index contributed by atoms with van der Waals surface area (Å²) in [5.74, 6) is -1.01. The van der Waals surface area contributed by atoms with Crippen LogP contribution in [0.4, 0.5) is 4.39 Å². The highest BCUT2D eigenvalue weighted by Crippen LogP contribution is 2.28. The molecule has 1 aliphatic rings. The molecule has 1 atom stereocenters. The molecule has 1 aromatic rings. The van der Waals surface area contributed by atoms with Crippen LogP contribution in [-0.4, -0.2) is 51.7 Å². The normalized spacial score (nSPS) is 20.8. The fraction of sp³-hybridized carbons (Fsp3) is 0.500. The number of sulfone groups is 1. The van der Waals surface area contributed by atoms with Crippen molar-refractivity contribution < 1.29 is 26.3 Å². The second kappa shape index (κ2) is 5.64. The van der Waals surface area contributed by atoms with Crippen molar-refractivity contribution in [2.24, 2.45) is 0 Å². The molecular formula is C12H16FNO5S2. The summed E-state index contributed by atoms with van der Waals surface area (Å²) in [7, 11) is -7.82. The second-order valence-electron chi connectivity index (χ2n) is 4.96. The fourth-order valence-electron chi connectivity index (χ4n) is 2.35. The van der Waals surface area contributed by atoms with E-state index < -0.39 is 36.6 Å². The molecule has 1 heterocycles. The zero-order chi connectivity index (χ0) is 15.8. The Labute approximate surface area is 123 Å². The average Bonchev–Trinajstić information content (AvgIpc) is 2.86. The first-order valence-corrected chi connectivity index (χ1v) is 9.63. The number of hydrogen-bond acceptors (Lipinski definition) is 5. The number of hydrogen-bond donors (Lipinski definition) is 1. The predicted octanol–water partition coefficient (Wildman–Crippen LogP) is 0.375. The Morgan fingerprint density at radius 1 is 1.33 bits per heavy atom. The number of benzene rings is 1. The van der Waals surface area contributed by atoms with Gasteiger partial charge in [0.2, 0.25) is 10.0 Å². The van der Waals surface area contributed by atoms with Crippen LogP contribution in [0.1, 0.15) is 12.8 Å². The van der Waals surface area contributed by atoms with Crippen LogP contribution in [0, 0.1) is 5.82 Å². The minimum atomic E-state index is -4.18. The number of halogens is 1. The summed E-state index contributed by atoms with van der Waals surface area (Å²) in [6, 6.07) is 2.08. The number of aliphatic hydroxyl groups excluding tert-OH is 1. The van der Waals surface area contributed by atoms with Gasteiger partial charge in [-0.1, -0.05) is 0 Å². The summed E-state index contributed by atoms with van der Waals surface area (Å²) >= 11 is 0. The summed E-state index contributed by atoms with van der Waals surface area (Å²) in [5.41, 5.74) is 0. The lowest BCUT2D eigenvalue weighted by atomic mass is 10.2. The van der Waals surface area contributed by atoms with E-state index in [4.69, 9.17) is 0 Å².